The average molecular weight is 446 g/mol. The zero-order valence-electron chi connectivity index (χ0n) is 17.0. The smallest absolute Gasteiger partial charge is 0.252 e. The van der Waals surface area contributed by atoms with Crippen molar-refractivity contribution < 1.29 is 13.6 Å². The molecule has 1 aliphatic rings. The number of aromatic nitrogens is 3. The average Bonchev–Trinajstić information content (AvgIpc) is 2.75. The second-order valence-electron chi connectivity index (χ2n) is 7.69. The minimum atomic E-state index is -2.65. The lowest BCUT2D eigenvalue weighted by Crippen LogP contribution is -2.45. The van der Waals surface area contributed by atoms with E-state index in [0.29, 0.717) is 27.4 Å². The largest absolute Gasteiger partial charge is 0.350 e. The van der Waals surface area contributed by atoms with Gasteiger partial charge >= 0.3 is 0 Å². The number of carbonyl (C=O) groups excluding carboxylic acids is 1. The van der Waals surface area contributed by atoms with Crippen LogP contribution < -0.4 is 5.32 Å². The first-order valence-corrected chi connectivity index (χ1v) is 10.4. The van der Waals surface area contributed by atoms with Crippen LogP contribution in [0.3, 0.4) is 0 Å². The molecule has 1 aliphatic heterocycles. The third kappa shape index (κ3) is 4.97. The Labute approximate surface area is 183 Å². The van der Waals surface area contributed by atoms with Gasteiger partial charge in [0.1, 0.15) is 11.0 Å². The summed E-state index contributed by atoms with van der Waals surface area (Å²) < 4.78 is 27.3. The van der Waals surface area contributed by atoms with Crippen LogP contribution in [0.5, 0.6) is 0 Å². The number of hydrogen-bond acceptors (Lipinski definition) is 5. The third-order valence-electron chi connectivity index (χ3n) is 5.55. The van der Waals surface area contributed by atoms with Crippen LogP contribution in [0.15, 0.2) is 42.7 Å². The summed E-state index contributed by atoms with van der Waals surface area (Å²) in [6, 6.07) is 8.36. The number of rotatable bonds is 5. The molecule has 0 spiro atoms. The Kier molecular flexibility index (Phi) is 6.11. The van der Waals surface area contributed by atoms with Gasteiger partial charge in [-0.15, -0.1) is 0 Å². The lowest BCUT2D eigenvalue weighted by molar-refractivity contribution is -0.0632. The van der Waals surface area contributed by atoms with Crippen molar-refractivity contribution in [1.82, 2.24) is 25.2 Å². The quantitative estimate of drug-likeness (QED) is 0.596. The number of fused-ring (bicyclic) bond motifs is 1. The van der Waals surface area contributed by atoms with Crippen LogP contribution in [0.25, 0.3) is 10.9 Å². The van der Waals surface area contributed by atoms with Crippen molar-refractivity contribution in [3.63, 3.8) is 0 Å². The molecule has 9 heteroatoms. The normalized spacial score (nSPS) is 17.4. The highest BCUT2D eigenvalue weighted by atomic mass is 35.5. The highest BCUT2D eigenvalue weighted by Crippen LogP contribution is 2.32. The number of likely N-dealkylation sites (tertiary alicyclic amines) is 1. The number of pyridine rings is 1. The molecule has 1 saturated heterocycles. The van der Waals surface area contributed by atoms with E-state index >= 15 is 0 Å². The molecule has 1 aromatic carbocycles. The Morgan fingerprint density at radius 2 is 1.90 bits per heavy atom. The molecular formula is C22H22ClF2N5O. The van der Waals surface area contributed by atoms with Crippen LogP contribution in [0.2, 0.25) is 5.15 Å². The van der Waals surface area contributed by atoms with Gasteiger partial charge in [0, 0.05) is 61.4 Å². The molecule has 1 amide bonds. The minimum Gasteiger partial charge on any atom is -0.350 e. The number of alkyl halides is 2. The Hall–Kier alpha value is -2.71. The molecule has 1 N–H and O–H groups in total. The van der Waals surface area contributed by atoms with E-state index in [1.54, 1.807) is 49.6 Å². The van der Waals surface area contributed by atoms with E-state index in [4.69, 9.17) is 11.6 Å². The Bertz CT molecular complexity index is 1080. The van der Waals surface area contributed by atoms with E-state index in [2.05, 4.69) is 20.3 Å². The second kappa shape index (κ2) is 8.80. The van der Waals surface area contributed by atoms with Crippen molar-refractivity contribution in [3.8, 4) is 0 Å². The highest BCUT2D eigenvalue weighted by Gasteiger charge is 2.36. The summed E-state index contributed by atoms with van der Waals surface area (Å²) >= 11 is 5.96. The lowest BCUT2D eigenvalue weighted by Gasteiger charge is -2.37. The molecule has 0 radical (unpaired) electrons. The fourth-order valence-corrected chi connectivity index (χ4v) is 3.96. The van der Waals surface area contributed by atoms with Gasteiger partial charge in [-0.1, -0.05) is 17.7 Å². The summed E-state index contributed by atoms with van der Waals surface area (Å²) in [6.07, 6.45) is 2.96. The summed E-state index contributed by atoms with van der Waals surface area (Å²) in [4.78, 5) is 27.7. The summed E-state index contributed by atoms with van der Waals surface area (Å²) in [5.41, 5.74) is 1.88. The van der Waals surface area contributed by atoms with Crippen LogP contribution in [0, 0.1) is 6.92 Å². The van der Waals surface area contributed by atoms with Crippen molar-refractivity contribution in [3.05, 3.63) is 64.8 Å². The Balaban J connectivity index is 1.55. The van der Waals surface area contributed by atoms with Gasteiger partial charge in [-0.05, 0) is 31.2 Å². The molecule has 1 fully saturated rings. The van der Waals surface area contributed by atoms with E-state index in [1.165, 1.54) is 0 Å². The maximum absolute atomic E-state index is 13.7. The molecule has 0 aliphatic carbocycles. The Morgan fingerprint density at radius 3 is 2.61 bits per heavy atom. The minimum absolute atomic E-state index is 0.208. The van der Waals surface area contributed by atoms with Crippen molar-refractivity contribution in [2.24, 2.45) is 0 Å². The van der Waals surface area contributed by atoms with Crippen molar-refractivity contribution in [2.45, 2.75) is 31.7 Å². The van der Waals surface area contributed by atoms with Crippen molar-refractivity contribution in [2.75, 3.05) is 19.6 Å². The van der Waals surface area contributed by atoms with Crippen LogP contribution in [-0.2, 0) is 0 Å². The zero-order valence-corrected chi connectivity index (χ0v) is 17.7. The molecule has 4 rings (SSSR count). The Morgan fingerprint density at radius 1 is 1.19 bits per heavy atom. The van der Waals surface area contributed by atoms with Crippen LogP contribution in [-0.4, -0.2) is 51.3 Å². The maximum Gasteiger partial charge on any atom is 0.252 e. The SMILES string of the molecule is Cc1ncc(C(CNC(=O)c2cccc3nc(Cl)ccc23)N2CCC(F)(F)CC2)cn1. The van der Waals surface area contributed by atoms with E-state index < -0.39 is 5.92 Å². The number of nitrogens with one attached hydrogen (secondary N) is 1. The maximum atomic E-state index is 13.7. The third-order valence-corrected chi connectivity index (χ3v) is 5.77. The fourth-order valence-electron chi connectivity index (χ4n) is 3.81. The fraction of sp³-hybridized carbons (Fsp3) is 0.364. The highest BCUT2D eigenvalue weighted by molar-refractivity contribution is 6.29. The summed E-state index contributed by atoms with van der Waals surface area (Å²) in [6.45, 7) is 2.49. The van der Waals surface area contributed by atoms with E-state index in [-0.39, 0.29) is 44.4 Å². The van der Waals surface area contributed by atoms with Crippen LogP contribution in [0.1, 0.15) is 40.6 Å². The van der Waals surface area contributed by atoms with Gasteiger partial charge in [0.25, 0.3) is 11.8 Å². The second-order valence-corrected chi connectivity index (χ2v) is 8.07. The van der Waals surface area contributed by atoms with Gasteiger partial charge in [-0.25, -0.2) is 23.7 Å². The van der Waals surface area contributed by atoms with Gasteiger partial charge < -0.3 is 5.32 Å². The molecule has 3 aromatic rings. The van der Waals surface area contributed by atoms with Gasteiger partial charge in [-0.2, -0.15) is 0 Å². The number of amides is 1. The predicted octanol–water partition coefficient (Wildman–Crippen LogP) is 4.19. The summed E-state index contributed by atoms with van der Waals surface area (Å²) in [7, 11) is 0. The molecule has 162 valence electrons. The summed E-state index contributed by atoms with van der Waals surface area (Å²) in [5, 5.41) is 4.00. The topological polar surface area (TPSA) is 71.0 Å². The van der Waals surface area contributed by atoms with Crippen molar-refractivity contribution >= 4 is 28.4 Å². The first-order valence-electron chi connectivity index (χ1n) is 10.1. The van der Waals surface area contributed by atoms with Crippen LogP contribution in [0.4, 0.5) is 8.78 Å². The van der Waals surface area contributed by atoms with E-state index in [0.717, 1.165) is 5.56 Å². The zero-order chi connectivity index (χ0) is 22.0. The monoisotopic (exact) mass is 445 g/mol. The number of aryl methyl sites for hydroxylation is 1. The number of benzene rings is 1. The van der Waals surface area contributed by atoms with E-state index in [1.807, 2.05) is 4.90 Å². The van der Waals surface area contributed by atoms with Gasteiger partial charge in [0.15, 0.2) is 0 Å². The molecule has 0 bridgehead atoms. The number of halogens is 3. The first-order chi connectivity index (χ1) is 14.8. The molecule has 0 saturated carbocycles. The van der Waals surface area contributed by atoms with Gasteiger partial charge in [0.05, 0.1) is 11.6 Å². The molecule has 31 heavy (non-hydrogen) atoms. The first kappa shape index (κ1) is 21.5. The molecule has 3 heterocycles. The number of piperidine rings is 1. The number of nitrogens with zero attached hydrogens (tertiary/aromatic N) is 4. The molecule has 1 unspecified atom stereocenters. The lowest BCUT2D eigenvalue weighted by atomic mass is 10.0. The van der Waals surface area contributed by atoms with Gasteiger partial charge in [0.2, 0.25) is 0 Å². The predicted molar refractivity (Wildman–Crippen MR) is 114 cm³/mol. The van der Waals surface area contributed by atoms with Gasteiger partial charge in [-0.3, -0.25) is 9.69 Å². The van der Waals surface area contributed by atoms with E-state index in [9.17, 15) is 13.6 Å². The standard InChI is InChI=1S/C22H22ClF2N5O/c1-14-26-11-15(12-27-14)19(30-9-7-22(24,25)8-10-30)13-28-21(31)17-3-2-4-18-16(17)5-6-20(23)29-18/h2-6,11-12,19H,7-10,13H2,1H3,(H,28,31). The molecular weight excluding hydrogens is 424 g/mol. The molecule has 1 atom stereocenters. The van der Waals surface area contributed by atoms with Crippen molar-refractivity contribution in [1.29, 1.82) is 0 Å². The number of hydrogen-bond donors (Lipinski definition) is 1. The van der Waals surface area contributed by atoms with Crippen LogP contribution >= 0.6 is 11.6 Å². The number of carbonyl (C=O) groups is 1. The summed E-state index contributed by atoms with van der Waals surface area (Å²) in [5.74, 6) is -2.29. The molecule has 2 aromatic heterocycles. The molecule has 6 nitrogen and oxygen atoms in total.